The highest BCUT2D eigenvalue weighted by molar-refractivity contribution is 5.90. The molecule has 0 bridgehead atoms. The fourth-order valence-corrected chi connectivity index (χ4v) is 1.56. The lowest BCUT2D eigenvalue weighted by molar-refractivity contribution is -0.384. The molecule has 0 aliphatic rings. The number of nitro groups is 1. The van der Waals surface area contributed by atoms with Crippen molar-refractivity contribution in [3.63, 3.8) is 0 Å². The molecule has 0 fully saturated rings. The normalized spacial score (nSPS) is 11.4. The van der Waals surface area contributed by atoms with Gasteiger partial charge in [0.1, 0.15) is 0 Å². The SMILES string of the molecule is CCC(CC(=O)O)NC(=O)Nc1cccc([N+](=O)[O-])c1. The number of rotatable bonds is 6. The van der Waals surface area contributed by atoms with E-state index in [0.717, 1.165) is 0 Å². The summed E-state index contributed by atoms with van der Waals surface area (Å²) in [5.41, 5.74) is 0.127. The van der Waals surface area contributed by atoms with E-state index in [1.807, 2.05) is 0 Å². The maximum atomic E-state index is 11.7. The molecular formula is C12H15N3O5. The Hall–Kier alpha value is -2.64. The van der Waals surface area contributed by atoms with E-state index in [1.165, 1.54) is 24.3 Å². The molecule has 1 aromatic carbocycles. The van der Waals surface area contributed by atoms with Crippen molar-refractivity contribution >= 4 is 23.4 Å². The molecule has 1 rings (SSSR count). The number of aliphatic carboxylic acids is 1. The number of non-ortho nitro benzene ring substituents is 1. The lowest BCUT2D eigenvalue weighted by atomic mass is 10.1. The Morgan fingerprint density at radius 2 is 2.15 bits per heavy atom. The summed E-state index contributed by atoms with van der Waals surface area (Å²) in [6.45, 7) is 1.75. The molecule has 1 atom stereocenters. The zero-order valence-electron chi connectivity index (χ0n) is 10.8. The average Bonchev–Trinajstić information content (AvgIpc) is 2.37. The number of anilines is 1. The summed E-state index contributed by atoms with van der Waals surface area (Å²) in [7, 11) is 0. The van der Waals surface area contributed by atoms with E-state index < -0.39 is 23.0 Å². The summed E-state index contributed by atoms with van der Waals surface area (Å²) in [5, 5.41) is 24.2. The van der Waals surface area contributed by atoms with Crippen molar-refractivity contribution in [3.8, 4) is 0 Å². The highest BCUT2D eigenvalue weighted by Crippen LogP contribution is 2.16. The zero-order valence-corrected chi connectivity index (χ0v) is 10.8. The Bertz CT molecular complexity index is 518. The van der Waals surface area contributed by atoms with Crippen LogP contribution in [0.15, 0.2) is 24.3 Å². The first-order valence-electron chi connectivity index (χ1n) is 5.96. The van der Waals surface area contributed by atoms with Gasteiger partial charge in [0.15, 0.2) is 0 Å². The standard InChI is InChI=1S/C12H15N3O5/c1-2-8(7-11(16)17)13-12(18)14-9-4-3-5-10(6-9)15(19)20/h3-6,8H,2,7H2,1H3,(H,16,17)(H2,13,14,18). The summed E-state index contributed by atoms with van der Waals surface area (Å²) in [4.78, 5) is 32.3. The van der Waals surface area contributed by atoms with E-state index in [2.05, 4.69) is 10.6 Å². The van der Waals surface area contributed by atoms with E-state index in [0.29, 0.717) is 6.42 Å². The molecule has 0 saturated heterocycles. The van der Waals surface area contributed by atoms with Crippen LogP contribution in [0.25, 0.3) is 0 Å². The monoisotopic (exact) mass is 281 g/mol. The van der Waals surface area contributed by atoms with Gasteiger partial charge in [-0.3, -0.25) is 14.9 Å². The van der Waals surface area contributed by atoms with Gasteiger partial charge in [0, 0.05) is 23.9 Å². The molecule has 0 heterocycles. The van der Waals surface area contributed by atoms with Gasteiger partial charge in [-0.25, -0.2) is 4.79 Å². The molecule has 1 aromatic rings. The molecule has 8 heteroatoms. The van der Waals surface area contributed by atoms with Crippen LogP contribution in [-0.2, 0) is 4.79 Å². The molecule has 2 amide bonds. The van der Waals surface area contributed by atoms with E-state index in [-0.39, 0.29) is 17.8 Å². The van der Waals surface area contributed by atoms with Crippen molar-refractivity contribution < 1.29 is 19.6 Å². The largest absolute Gasteiger partial charge is 0.481 e. The third-order valence-electron chi connectivity index (χ3n) is 2.56. The van der Waals surface area contributed by atoms with Crippen LogP contribution in [0.3, 0.4) is 0 Å². The van der Waals surface area contributed by atoms with Crippen molar-refractivity contribution in [1.82, 2.24) is 5.32 Å². The van der Waals surface area contributed by atoms with E-state index in [1.54, 1.807) is 6.92 Å². The van der Waals surface area contributed by atoms with E-state index >= 15 is 0 Å². The van der Waals surface area contributed by atoms with Gasteiger partial charge in [-0.2, -0.15) is 0 Å². The van der Waals surface area contributed by atoms with Crippen molar-refractivity contribution in [2.45, 2.75) is 25.8 Å². The Morgan fingerprint density at radius 1 is 1.45 bits per heavy atom. The van der Waals surface area contributed by atoms with Gasteiger partial charge in [-0.15, -0.1) is 0 Å². The third kappa shape index (κ3) is 4.92. The number of nitro benzene ring substituents is 1. The van der Waals surface area contributed by atoms with Crippen molar-refractivity contribution in [1.29, 1.82) is 0 Å². The highest BCUT2D eigenvalue weighted by atomic mass is 16.6. The van der Waals surface area contributed by atoms with Crippen molar-refractivity contribution in [3.05, 3.63) is 34.4 Å². The zero-order chi connectivity index (χ0) is 15.1. The number of nitrogens with one attached hydrogen (secondary N) is 2. The van der Waals surface area contributed by atoms with Gasteiger partial charge in [0.2, 0.25) is 0 Å². The smallest absolute Gasteiger partial charge is 0.319 e. The topological polar surface area (TPSA) is 122 Å². The average molecular weight is 281 g/mol. The minimum absolute atomic E-state index is 0.139. The van der Waals surface area contributed by atoms with Crippen LogP contribution in [0.5, 0.6) is 0 Å². The summed E-state index contributed by atoms with van der Waals surface area (Å²) in [5.74, 6) is -1.01. The first kappa shape index (κ1) is 15.4. The first-order valence-corrected chi connectivity index (χ1v) is 5.96. The van der Waals surface area contributed by atoms with Gasteiger partial charge >= 0.3 is 12.0 Å². The number of carboxylic acid groups (broad SMARTS) is 1. The Labute approximate surface area is 114 Å². The molecule has 0 radical (unpaired) electrons. The third-order valence-corrected chi connectivity index (χ3v) is 2.56. The Kier molecular flexibility index (Phi) is 5.45. The van der Waals surface area contributed by atoms with Gasteiger partial charge in [0.25, 0.3) is 5.69 Å². The fourth-order valence-electron chi connectivity index (χ4n) is 1.56. The number of hydrogen-bond acceptors (Lipinski definition) is 4. The van der Waals surface area contributed by atoms with E-state index in [9.17, 15) is 19.7 Å². The van der Waals surface area contributed by atoms with Gasteiger partial charge in [-0.05, 0) is 12.5 Å². The molecule has 108 valence electrons. The molecule has 0 aliphatic carbocycles. The summed E-state index contributed by atoms with van der Waals surface area (Å²) < 4.78 is 0. The van der Waals surface area contributed by atoms with Gasteiger partial charge in [-0.1, -0.05) is 13.0 Å². The molecule has 0 aliphatic heterocycles. The molecule has 0 aromatic heterocycles. The van der Waals surface area contributed by atoms with Crippen molar-refractivity contribution in [2.75, 3.05) is 5.32 Å². The minimum atomic E-state index is -1.01. The number of benzene rings is 1. The lowest BCUT2D eigenvalue weighted by Gasteiger charge is -2.15. The number of urea groups is 1. The maximum absolute atomic E-state index is 11.7. The highest BCUT2D eigenvalue weighted by Gasteiger charge is 2.14. The van der Waals surface area contributed by atoms with Crippen LogP contribution in [0.1, 0.15) is 19.8 Å². The second-order valence-electron chi connectivity index (χ2n) is 4.11. The number of nitrogens with zero attached hydrogens (tertiary/aromatic N) is 1. The molecule has 3 N–H and O–H groups in total. The van der Waals surface area contributed by atoms with Gasteiger partial charge < -0.3 is 15.7 Å². The number of carbonyl (C=O) groups is 2. The predicted octanol–water partition coefficient (Wildman–Crippen LogP) is 1.97. The second-order valence-corrected chi connectivity index (χ2v) is 4.11. The van der Waals surface area contributed by atoms with Crippen LogP contribution >= 0.6 is 0 Å². The number of hydrogen-bond donors (Lipinski definition) is 3. The lowest BCUT2D eigenvalue weighted by Crippen LogP contribution is -2.38. The maximum Gasteiger partial charge on any atom is 0.319 e. The number of carboxylic acids is 1. The Balaban J connectivity index is 2.63. The van der Waals surface area contributed by atoms with Gasteiger partial charge in [0.05, 0.1) is 11.3 Å². The summed E-state index contributed by atoms with van der Waals surface area (Å²) in [6, 6.07) is 4.39. The van der Waals surface area contributed by atoms with Crippen LogP contribution in [0, 0.1) is 10.1 Å². The minimum Gasteiger partial charge on any atom is -0.481 e. The number of carbonyl (C=O) groups excluding carboxylic acids is 1. The molecule has 8 nitrogen and oxygen atoms in total. The van der Waals surface area contributed by atoms with Crippen molar-refractivity contribution in [2.24, 2.45) is 0 Å². The Morgan fingerprint density at radius 3 is 2.70 bits per heavy atom. The molecule has 20 heavy (non-hydrogen) atoms. The number of amides is 2. The van der Waals surface area contributed by atoms with Crippen LogP contribution in [0.2, 0.25) is 0 Å². The van der Waals surface area contributed by atoms with E-state index in [4.69, 9.17) is 5.11 Å². The van der Waals surface area contributed by atoms with Crippen LogP contribution in [-0.4, -0.2) is 28.1 Å². The molecule has 1 unspecified atom stereocenters. The van der Waals surface area contributed by atoms with Crippen LogP contribution < -0.4 is 10.6 Å². The molecular weight excluding hydrogens is 266 g/mol. The molecule has 0 saturated carbocycles. The predicted molar refractivity (Wildman–Crippen MR) is 71.6 cm³/mol. The summed E-state index contributed by atoms with van der Waals surface area (Å²) >= 11 is 0. The van der Waals surface area contributed by atoms with Crippen LogP contribution in [0.4, 0.5) is 16.2 Å². The quantitative estimate of drug-likeness (QED) is 0.543. The first-order chi connectivity index (χ1) is 9.42. The molecule has 0 spiro atoms. The second kappa shape index (κ2) is 7.07. The fraction of sp³-hybridized carbons (Fsp3) is 0.333. The summed E-state index contributed by atoms with van der Waals surface area (Å²) in [6.07, 6.45) is 0.285.